The number of hydrogen-bond acceptors (Lipinski definition) is 6. The van der Waals surface area contributed by atoms with Gasteiger partial charge in [0.05, 0.1) is 27.7 Å². The van der Waals surface area contributed by atoms with Crippen molar-refractivity contribution in [1.82, 2.24) is 14.8 Å². The maximum absolute atomic E-state index is 10.7. The summed E-state index contributed by atoms with van der Waals surface area (Å²) >= 11 is 3.23. The summed E-state index contributed by atoms with van der Waals surface area (Å²) in [6, 6.07) is 2.54. The van der Waals surface area contributed by atoms with Gasteiger partial charge in [0, 0.05) is 6.20 Å². The molecule has 0 unspecified atom stereocenters. The van der Waals surface area contributed by atoms with Crippen LogP contribution in [0.5, 0.6) is 0 Å². The van der Waals surface area contributed by atoms with Crippen molar-refractivity contribution in [2.75, 3.05) is 5.43 Å². The summed E-state index contributed by atoms with van der Waals surface area (Å²) in [6.45, 7) is 0. The summed E-state index contributed by atoms with van der Waals surface area (Å²) in [4.78, 5) is 14.3. The Kier molecular flexibility index (Phi) is 3.02. The summed E-state index contributed by atoms with van der Waals surface area (Å²) in [7, 11) is 0. The van der Waals surface area contributed by atoms with Crippen LogP contribution < -0.4 is 11.3 Å². The lowest BCUT2D eigenvalue weighted by Crippen LogP contribution is -2.11. The van der Waals surface area contributed by atoms with E-state index >= 15 is 0 Å². The van der Waals surface area contributed by atoms with E-state index in [4.69, 9.17) is 5.84 Å². The minimum atomic E-state index is -0.523. The molecule has 0 bridgehead atoms. The van der Waals surface area contributed by atoms with Crippen LogP contribution in [0.3, 0.4) is 0 Å². The van der Waals surface area contributed by atoms with Crippen molar-refractivity contribution in [2.24, 2.45) is 5.84 Å². The molecule has 88 valence electrons. The Balaban J connectivity index is 2.53. The second-order valence-electron chi connectivity index (χ2n) is 3.07. The van der Waals surface area contributed by atoms with E-state index in [-0.39, 0.29) is 11.5 Å². The van der Waals surface area contributed by atoms with Gasteiger partial charge in [0.1, 0.15) is 5.82 Å². The molecule has 0 radical (unpaired) electrons. The quantitative estimate of drug-likeness (QED) is 0.500. The van der Waals surface area contributed by atoms with Crippen molar-refractivity contribution in [3.63, 3.8) is 0 Å². The molecular weight excluding hydrogens is 292 g/mol. The molecule has 0 aromatic carbocycles. The van der Waals surface area contributed by atoms with Gasteiger partial charge in [0.15, 0.2) is 5.82 Å². The van der Waals surface area contributed by atoms with Crippen LogP contribution in [-0.2, 0) is 0 Å². The highest BCUT2D eigenvalue weighted by Crippen LogP contribution is 2.20. The van der Waals surface area contributed by atoms with Crippen molar-refractivity contribution in [1.29, 1.82) is 0 Å². The molecule has 2 rings (SSSR count). The van der Waals surface area contributed by atoms with Crippen LogP contribution in [-0.4, -0.2) is 19.7 Å². The number of aromatic nitrogens is 3. The normalized spacial score (nSPS) is 10.2. The highest BCUT2D eigenvalue weighted by Gasteiger charge is 2.12. The molecule has 2 aromatic heterocycles. The average molecular weight is 299 g/mol. The van der Waals surface area contributed by atoms with E-state index in [1.165, 1.54) is 16.8 Å². The standard InChI is InChI=1S/C8H7BrN6O2/c9-5-3-11-14(4-5)8-2-6(15(16)17)1-7(12-8)13-10/h1-4H,10H2,(H,12,13). The fourth-order valence-corrected chi connectivity index (χ4v) is 1.51. The molecule has 0 atom stereocenters. The molecule has 0 aliphatic carbocycles. The van der Waals surface area contributed by atoms with E-state index in [1.54, 1.807) is 12.4 Å². The van der Waals surface area contributed by atoms with Gasteiger partial charge in [-0.1, -0.05) is 0 Å². The molecule has 0 aliphatic heterocycles. The summed E-state index contributed by atoms with van der Waals surface area (Å²) < 4.78 is 2.14. The number of halogens is 1. The van der Waals surface area contributed by atoms with Gasteiger partial charge in [-0.2, -0.15) is 5.10 Å². The van der Waals surface area contributed by atoms with Crippen LogP contribution in [0, 0.1) is 10.1 Å². The van der Waals surface area contributed by atoms with Crippen LogP contribution >= 0.6 is 15.9 Å². The molecule has 0 aliphatic rings. The average Bonchev–Trinajstić information content (AvgIpc) is 2.75. The van der Waals surface area contributed by atoms with Gasteiger partial charge in [-0.25, -0.2) is 15.5 Å². The number of nitro groups is 1. The second-order valence-corrected chi connectivity index (χ2v) is 3.99. The smallest absolute Gasteiger partial charge is 0.276 e. The monoisotopic (exact) mass is 298 g/mol. The molecule has 8 nitrogen and oxygen atoms in total. The molecule has 0 fully saturated rings. The Labute approximate surface area is 104 Å². The van der Waals surface area contributed by atoms with Crippen LogP contribution in [0.1, 0.15) is 0 Å². The van der Waals surface area contributed by atoms with Gasteiger partial charge in [-0.3, -0.25) is 10.1 Å². The zero-order valence-electron chi connectivity index (χ0n) is 8.37. The fraction of sp³-hybridized carbons (Fsp3) is 0. The van der Waals surface area contributed by atoms with E-state index in [2.05, 4.69) is 31.4 Å². The first-order valence-electron chi connectivity index (χ1n) is 4.44. The van der Waals surface area contributed by atoms with E-state index in [1.807, 2.05) is 0 Å². The Morgan fingerprint density at radius 1 is 1.53 bits per heavy atom. The molecule has 17 heavy (non-hydrogen) atoms. The Morgan fingerprint density at radius 3 is 2.82 bits per heavy atom. The largest absolute Gasteiger partial charge is 0.308 e. The number of anilines is 1. The summed E-state index contributed by atoms with van der Waals surface area (Å²) in [5, 5.41) is 14.7. The first-order chi connectivity index (χ1) is 8.10. The third-order valence-electron chi connectivity index (χ3n) is 1.94. The third-order valence-corrected chi connectivity index (χ3v) is 2.35. The molecule has 0 spiro atoms. The molecule has 9 heteroatoms. The van der Waals surface area contributed by atoms with E-state index in [0.29, 0.717) is 5.82 Å². The zero-order chi connectivity index (χ0) is 12.4. The predicted octanol–water partition coefficient (Wildman–Crippen LogP) is 1.22. The molecule has 0 saturated carbocycles. The first kappa shape index (κ1) is 11.5. The molecule has 0 saturated heterocycles. The van der Waals surface area contributed by atoms with Crippen LogP contribution in [0.4, 0.5) is 11.5 Å². The lowest BCUT2D eigenvalue weighted by Gasteiger charge is -2.03. The number of rotatable bonds is 3. The fourth-order valence-electron chi connectivity index (χ4n) is 1.22. The van der Waals surface area contributed by atoms with E-state index < -0.39 is 4.92 Å². The van der Waals surface area contributed by atoms with Crippen molar-refractivity contribution in [2.45, 2.75) is 0 Å². The second kappa shape index (κ2) is 4.47. The van der Waals surface area contributed by atoms with Gasteiger partial charge in [-0.15, -0.1) is 0 Å². The summed E-state index contributed by atoms with van der Waals surface area (Å²) in [6.07, 6.45) is 3.18. The minimum absolute atomic E-state index is 0.116. The highest BCUT2D eigenvalue weighted by atomic mass is 79.9. The number of nitrogen functional groups attached to an aromatic ring is 1. The Hall–Kier alpha value is -2.00. The minimum Gasteiger partial charge on any atom is -0.308 e. The predicted molar refractivity (Wildman–Crippen MR) is 63.5 cm³/mol. The SMILES string of the molecule is NNc1cc([N+](=O)[O-])cc(-n2cc(Br)cn2)n1. The number of nitrogens with zero attached hydrogens (tertiary/aromatic N) is 4. The van der Waals surface area contributed by atoms with Gasteiger partial charge in [0.2, 0.25) is 0 Å². The number of nitrogens with one attached hydrogen (secondary N) is 1. The Morgan fingerprint density at radius 2 is 2.29 bits per heavy atom. The van der Waals surface area contributed by atoms with Crippen molar-refractivity contribution in [3.05, 3.63) is 39.1 Å². The molecule has 0 amide bonds. The van der Waals surface area contributed by atoms with Gasteiger partial charge in [0.25, 0.3) is 5.69 Å². The highest BCUT2D eigenvalue weighted by molar-refractivity contribution is 9.10. The molecule has 3 N–H and O–H groups in total. The van der Waals surface area contributed by atoms with E-state index in [9.17, 15) is 10.1 Å². The zero-order valence-corrected chi connectivity index (χ0v) is 9.96. The van der Waals surface area contributed by atoms with Gasteiger partial charge in [-0.05, 0) is 15.9 Å². The number of pyridine rings is 1. The van der Waals surface area contributed by atoms with Crippen molar-refractivity contribution >= 4 is 27.4 Å². The lowest BCUT2D eigenvalue weighted by atomic mass is 10.4. The van der Waals surface area contributed by atoms with Gasteiger partial charge < -0.3 is 5.43 Å². The lowest BCUT2D eigenvalue weighted by molar-refractivity contribution is -0.384. The number of hydrogen-bond donors (Lipinski definition) is 2. The van der Waals surface area contributed by atoms with Crippen LogP contribution in [0.15, 0.2) is 29.0 Å². The number of nitrogens with two attached hydrogens (primary N) is 1. The molecule has 2 aromatic rings. The topological polar surface area (TPSA) is 112 Å². The van der Waals surface area contributed by atoms with Crippen LogP contribution in [0.2, 0.25) is 0 Å². The van der Waals surface area contributed by atoms with E-state index in [0.717, 1.165) is 4.47 Å². The first-order valence-corrected chi connectivity index (χ1v) is 5.23. The molecule has 2 heterocycles. The Bertz CT molecular complexity index is 569. The van der Waals surface area contributed by atoms with Crippen LogP contribution in [0.25, 0.3) is 5.82 Å². The number of hydrazine groups is 1. The molecular formula is C8H7BrN6O2. The summed E-state index contributed by atoms with van der Waals surface area (Å²) in [5.74, 6) is 5.70. The summed E-state index contributed by atoms with van der Waals surface area (Å²) in [5.41, 5.74) is 2.15. The van der Waals surface area contributed by atoms with Crippen molar-refractivity contribution < 1.29 is 4.92 Å². The van der Waals surface area contributed by atoms with Crippen molar-refractivity contribution in [3.8, 4) is 5.82 Å². The van der Waals surface area contributed by atoms with Gasteiger partial charge >= 0.3 is 0 Å². The third kappa shape index (κ3) is 2.40. The maximum Gasteiger partial charge on any atom is 0.276 e. The maximum atomic E-state index is 10.7.